The SMILES string of the molecule is O=C1[C@H]2CC=CC[C@H]2C(=O)N1C[NH+]1CCC[C@@H](c2nc3ccccc3s2)C1. The molecule has 5 nitrogen and oxygen atoms in total. The molecule has 0 spiro atoms. The van der Waals surface area contributed by atoms with Gasteiger partial charge in [0.1, 0.15) is 5.01 Å². The van der Waals surface area contributed by atoms with Gasteiger partial charge in [0.2, 0.25) is 11.8 Å². The van der Waals surface area contributed by atoms with Crippen LogP contribution in [-0.4, -0.2) is 41.5 Å². The molecule has 1 aromatic carbocycles. The van der Waals surface area contributed by atoms with Crippen LogP contribution in [0.25, 0.3) is 10.2 Å². The van der Waals surface area contributed by atoms with E-state index in [2.05, 4.69) is 18.2 Å². The third kappa shape index (κ3) is 3.01. The minimum Gasteiger partial charge on any atom is -0.317 e. The van der Waals surface area contributed by atoms with Gasteiger partial charge in [-0.05, 0) is 37.8 Å². The third-order valence-electron chi connectivity index (χ3n) is 6.26. The number of rotatable bonds is 3. The Bertz CT molecular complexity index is 862. The van der Waals surface area contributed by atoms with E-state index in [9.17, 15) is 9.59 Å². The molecule has 5 rings (SSSR count). The van der Waals surface area contributed by atoms with Crippen LogP contribution in [0, 0.1) is 11.8 Å². The van der Waals surface area contributed by atoms with E-state index in [-0.39, 0.29) is 23.7 Å². The fourth-order valence-electron chi connectivity index (χ4n) is 4.82. The normalized spacial score (nSPS) is 30.9. The average Bonchev–Trinajstić information content (AvgIpc) is 3.24. The van der Waals surface area contributed by atoms with E-state index in [0.29, 0.717) is 12.6 Å². The van der Waals surface area contributed by atoms with Crippen molar-refractivity contribution in [2.45, 2.75) is 31.6 Å². The lowest BCUT2D eigenvalue weighted by atomic mass is 9.85. The Kier molecular flexibility index (Phi) is 4.32. The number of quaternary nitrogens is 1. The molecule has 1 aliphatic carbocycles. The Morgan fingerprint density at radius 2 is 1.85 bits per heavy atom. The Labute approximate surface area is 162 Å². The van der Waals surface area contributed by atoms with Crippen LogP contribution in [0.5, 0.6) is 0 Å². The summed E-state index contributed by atoms with van der Waals surface area (Å²) in [6.45, 7) is 2.49. The summed E-state index contributed by atoms with van der Waals surface area (Å²) in [7, 11) is 0. The lowest BCUT2D eigenvalue weighted by Crippen LogP contribution is -3.15. The molecule has 140 valence electrons. The summed E-state index contributed by atoms with van der Waals surface area (Å²) < 4.78 is 1.24. The highest BCUT2D eigenvalue weighted by Gasteiger charge is 2.48. The Hall–Kier alpha value is -2.05. The summed E-state index contributed by atoms with van der Waals surface area (Å²) in [4.78, 5) is 33.2. The van der Waals surface area contributed by atoms with Crippen molar-refractivity contribution in [3.05, 3.63) is 41.4 Å². The fraction of sp³-hybridized carbons (Fsp3) is 0.476. The number of hydrogen-bond donors (Lipinski definition) is 1. The standard InChI is InChI=1S/C21H23N3O2S/c25-20-15-7-1-2-8-16(15)21(26)24(20)13-23-11-5-6-14(12-23)19-22-17-9-3-4-10-18(17)27-19/h1-4,9-10,14-16H,5-8,11-13H2/p+1/t14-,15-,16+/m1/s1. The van der Waals surface area contributed by atoms with Crippen molar-refractivity contribution in [3.8, 4) is 0 Å². The number of piperidine rings is 1. The summed E-state index contributed by atoms with van der Waals surface area (Å²) in [6.07, 6.45) is 7.78. The molecule has 27 heavy (non-hydrogen) atoms. The molecule has 3 aliphatic rings. The van der Waals surface area contributed by atoms with Crippen molar-refractivity contribution < 1.29 is 14.5 Å². The largest absolute Gasteiger partial charge is 0.317 e. The highest BCUT2D eigenvalue weighted by Crippen LogP contribution is 2.35. The number of benzene rings is 1. The van der Waals surface area contributed by atoms with E-state index in [0.717, 1.165) is 44.3 Å². The number of thiazole rings is 1. The minimum absolute atomic E-state index is 0.0453. The van der Waals surface area contributed by atoms with Crippen LogP contribution in [0.4, 0.5) is 0 Å². The average molecular weight is 383 g/mol. The molecule has 2 fully saturated rings. The van der Waals surface area contributed by atoms with Crippen molar-refractivity contribution >= 4 is 33.4 Å². The molecule has 0 saturated carbocycles. The van der Waals surface area contributed by atoms with E-state index in [1.54, 1.807) is 16.2 Å². The van der Waals surface area contributed by atoms with E-state index < -0.39 is 0 Å². The molecule has 4 atom stereocenters. The summed E-state index contributed by atoms with van der Waals surface area (Å²) in [5, 5.41) is 1.20. The van der Waals surface area contributed by atoms with Crippen molar-refractivity contribution in [1.82, 2.24) is 9.88 Å². The van der Waals surface area contributed by atoms with Crippen LogP contribution < -0.4 is 4.90 Å². The van der Waals surface area contributed by atoms with Gasteiger partial charge in [0.15, 0.2) is 6.67 Å². The van der Waals surface area contributed by atoms with Crippen molar-refractivity contribution in [2.75, 3.05) is 19.8 Å². The van der Waals surface area contributed by atoms with Crippen LogP contribution >= 0.6 is 11.3 Å². The number of allylic oxidation sites excluding steroid dienone is 2. The molecule has 2 aliphatic heterocycles. The van der Waals surface area contributed by atoms with Gasteiger partial charge in [-0.25, -0.2) is 9.88 Å². The van der Waals surface area contributed by atoms with Crippen molar-refractivity contribution in [2.24, 2.45) is 11.8 Å². The molecule has 2 amide bonds. The summed E-state index contributed by atoms with van der Waals surface area (Å²) in [5.41, 5.74) is 1.08. The quantitative estimate of drug-likeness (QED) is 0.652. The molecule has 1 N–H and O–H groups in total. The number of likely N-dealkylation sites (tertiary alicyclic amines) is 2. The highest BCUT2D eigenvalue weighted by atomic mass is 32.1. The number of hydrogen-bond acceptors (Lipinski definition) is 4. The summed E-state index contributed by atoms with van der Waals surface area (Å²) in [5.74, 6) is 0.273. The van der Waals surface area contributed by atoms with E-state index in [1.165, 1.54) is 14.6 Å². The number of nitrogens with zero attached hydrogens (tertiary/aromatic N) is 2. The van der Waals surface area contributed by atoms with Crippen molar-refractivity contribution in [1.29, 1.82) is 0 Å². The number of imide groups is 1. The number of carbonyl (C=O) groups excluding carboxylic acids is 2. The zero-order valence-corrected chi connectivity index (χ0v) is 16.1. The van der Waals surface area contributed by atoms with Crippen LogP contribution in [0.3, 0.4) is 0 Å². The van der Waals surface area contributed by atoms with E-state index in [4.69, 9.17) is 4.98 Å². The number of carbonyl (C=O) groups is 2. The molecule has 1 unspecified atom stereocenters. The molecular formula is C21H24N3O2S+. The van der Waals surface area contributed by atoms with Crippen LogP contribution in [0.15, 0.2) is 36.4 Å². The molecule has 6 heteroatoms. The predicted molar refractivity (Wildman–Crippen MR) is 104 cm³/mol. The lowest BCUT2D eigenvalue weighted by molar-refractivity contribution is -0.913. The van der Waals surface area contributed by atoms with Gasteiger partial charge in [0.25, 0.3) is 0 Å². The molecule has 0 radical (unpaired) electrons. The lowest BCUT2D eigenvalue weighted by Gasteiger charge is -2.31. The maximum Gasteiger partial charge on any atom is 0.237 e. The van der Waals surface area contributed by atoms with Crippen molar-refractivity contribution in [3.63, 3.8) is 0 Å². The molecule has 3 heterocycles. The van der Waals surface area contributed by atoms with Gasteiger partial charge in [0.05, 0.1) is 41.1 Å². The molecule has 2 saturated heterocycles. The molecule has 0 bridgehead atoms. The first-order valence-electron chi connectivity index (χ1n) is 9.90. The third-order valence-corrected chi connectivity index (χ3v) is 7.46. The monoisotopic (exact) mass is 382 g/mol. The second kappa shape index (κ2) is 6.84. The minimum atomic E-state index is -0.119. The highest BCUT2D eigenvalue weighted by molar-refractivity contribution is 7.18. The zero-order chi connectivity index (χ0) is 18.4. The maximum atomic E-state index is 12.7. The molecule has 1 aromatic heterocycles. The van der Waals surface area contributed by atoms with Crippen LogP contribution in [-0.2, 0) is 9.59 Å². The second-order valence-corrected chi connectivity index (χ2v) is 9.04. The first kappa shape index (κ1) is 17.1. The first-order chi connectivity index (χ1) is 13.2. The number of fused-ring (bicyclic) bond motifs is 2. The fourth-order valence-corrected chi connectivity index (χ4v) is 5.92. The van der Waals surface area contributed by atoms with Gasteiger partial charge >= 0.3 is 0 Å². The topological polar surface area (TPSA) is 54.7 Å². The van der Waals surface area contributed by atoms with Gasteiger partial charge in [0, 0.05) is 0 Å². The second-order valence-electron chi connectivity index (χ2n) is 7.98. The predicted octanol–water partition coefficient (Wildman–Crippen LogP) is 1.97. The van der Waals surface area contributed by atoms with Crippen LogP contribution in [0.1, 0.15) is 36.6 Å². The molecule has 2 aromatic rings. The summed E-state index contributed by atoms with van der Waals surface area (Å²) >= 11 is 1.79. The van der Waals surface area contributed by atoms with E-state index >= 15 is 0 Å². The Balaban J connectivity index is 1.30. The van der Waals surface area contributed by atoms with E-state index in [1.807, 2.05) is 18.2 Å². The molecular weight excluding hydrogens is 358 g/mol. The van der Waals surface area contributed by atoms with Gasteiger partial charge in [-0.1, -0.05) is 24.3 Å². The zero-order valence-electron chi connectivity index (χ0n) is 15.3. The number of amides is 2. The number of para-hydroxylation sites is 1. The van der Waals surface area contributed by atoms with Gasteiger partial charge < -0.3 is 4.90 Å². The first-order valence-corrected chi connectivity index (χ1v) is 10.7. The summed E-state index contributed by atoms with van der Waals surface area (Å²) in [6, 6.07) is 8.28. The van der Waals surface area contributed by atoms with Gasteiger partial charge in [-0.3, -0.25) is 9.59 Å². The van der Waals surface area contributed by atoms with Crippen LogP contribution in [0.2, 0.25) is 0 Å². The Morgan fingerprint density at radius 1 is 1.11 bits per heavy atom. The number of aromatic nitrogens is 1. The van der Waals surface area contributed by atoms with Gasteiger partial charge in [-0.15, -0.1) is 11.3 Å². The number of nitrogens with one attached hydrogen (secondary N) is 1. The maximum absolute atomic E-state index is 12.7. The smallest absolute Gasteiger partial charge is 0.237 e. The van der Waals surface area contributed by atoms with Gasteiger partial charge in [-0.2, -0.15) is 0 Å². The Morgan fingerprint density at radius 3 is 2.59 bits per heavy atom.